The van der Waals surface area contributed by atoms with Crippen LogP contribution in [0.3, 0.4) is 0 Å². The van der Waals surface area contributed by atoms with Crippen molar-refractivity contribution in [2.45, 2.75) is 18.9 Å². The van der Waals surface area contributed by atoms with Gasteiger partial charge in [0.1, 0.15) is 11.6 Å². The molecule has 1 aromatic heterocycles. The van der Waals surface area contributed by atoms with Crippen LogP contribution in [0.2, 0.25) is 0 Å². The molecule has 20 heavy (non-hydrogen) atoms. The summed E-state index contributed by atoms with van der Waals surface area (Å²) in [5, 5.41) is 0. The highest BCUT2D eigenvalue weighted by Gasteiger charge is 2.30. The fraction of sp³-hybridized carbons (Fsp3) is 0.308. The predicted octanol–water partition coefficient (Wildman–Crippen LogP) is 3.93. The molecule has 0 unspecified atom stereocenters. The second kappa shape index (κ2) is 5.78. The van der Waals surface area contributed by atoms with Gasteiger partial charge in [-0.15, -0.1) is 0 Å². The molecule has 7 heteroatoms. The molecule has 0 bridgehead atoms. The van der Waals surface area contributed by atoms with Gasteiger partial charge >= 0.3 is 6.18 Å². The summed E-state index contributed by atoms with van der Waals surface area (Å²) in [4.78, 5) is 7.21. The van der Waals surface area contributed by atoms with Gasteiger partial charge in [-0.05, 0) is 17.9 Å². The molecule has 1 heterocycles. The molecule has 0 atom stereocenters. The third-order valence-corrected chi connectivity index (χ3v) is 3.65. The Morgan fingerprint density at radius 1 is 1.25 bits per heavy atom. The second-order valence-corrected chi connectivity index (χ2v) is 5.44. The minimum absolute atomic E-state index is 0.390. The van der Waals surface area contributed by atoms with Crippen LogP contribution < -0.4 is 5.73 Å². The minimum atomic E-state index is -4.33. The van der Waals surface area contributed by atoms with Crippen LogP contribution in [0, 0.1) is 0 Å². The van der Waals surface area contributed by atoms with Gasteiger partial charge in [-0.25, -0.2) is 4.98 Å². The number of hydrogen-bond acceptors (Lipinski definition) is 3. The number of nitrogen functional groups attached to an aromatic ring is 1. The van der Waals surface area contributed by atoms with Crippen molar-refractivity contribution >= 4 is 17.6 Å². The maximum Gasteiger partial charge on any atom is 0.416 e. The summed E-state index contributed by atoms with van der Waals surface area (Å²) in [5.74, 6) is 2.54. The minimum Gasteiger partial charge on any atom is -0.382 e. The zero-order valence-corrected chi connectivity index (χ0v) is 11.6. The van der Waals surface area contributed by atoms with E-state index in [0.29, 0.717) is 23.0 Å². The van der Waals surface area contributed by atoms with Crippen LogP contribution in [0.1, 0.15) is 18.2 Å². The molecule has 108 valence electrons. The number of alkyl halides is 3. The molecule has 0 amide bonds. The quantitative estimate of drug-likeness (QED) is 0.899. The van der Waals surface area contributed by atoms with E-state index in [1.165, 1.54) is 12.1 Å². The van der Waals surface area contributed by atoms with E-state index in [9.17, 15) is 13.2 Å². The lowest BCUT2D eigenvalue weighted by Crippen LogP contribution is -2.04. The molecule has 3 nitrogen and oxygen atoms in total. The number of H-pyrrole nitrogens is 1. The number of nitrogens with zero attached hydrogens (tertiary/aromatic N) is 1. The Morgan fingerprint density at radius 3 is 2.45 bits per heavy atom. The number of nitrogens with one attached hydrogen (secondary N) is 1. The zero-order chi connectivity index (χ0) is 14.8. The van der Waals surface area contributed by atoms with E-state index in [1.54, 1.807) is 11.8 Å². The monoisotopic (exact) mass is 301 g/mol. The predicted molar refractivity (Wildman–Crippen MR) is 75.3 cm³/mol. The van der Waals surface area contributed by atoms with Gasteiger partial charge < -0.3 is 10.7 Å². The van der Waals surface area contributed by atoms with Crippen LogP contribution in [-0.2, 0) is 11.9 Å². The van der Waals surface area contributed by atoms with E-state index < -0.39 is 11.7 Å². The Balaban J connectivity index is 2.24. The first-order valence-electron chi connectivity index (χ1n) is 6.01. The van der Waals surface area contributed by atoms with Crippen LogP contribution in [0.5, 0.6) is 0 Å². The fourth-order valence-electron chi connectivity index (χ4n) is 1.69. The summed E-state index contributed by atoms with van der Waals surface area (Å²) in [7, 11) is 0. The highest BCUT2D eigenvalue weighted by Crippen LogP contribution is 2.31. The lowest BCUT2D eigenvalue weighted by atomic mass is 10.1. The largest absolute Gasteiger partial charge is 0.416 e. The lowest BCUT2D eigenvalue weighted by Gasteiger charge is -2.06. The third kappa shape index (κ3) is 3.27. The van der Waals surface area contributed by atoms with Crippen LogP contribution in [-0.4, -0.2) is 15.7 Å². The van der Waals surface area contributed by atoms with Crippen LogP contribution in [0.4, 0.5) is 19.0 Å². The van der Waals surface area contributed by atoms with E-state index in [-0.39, 0.29) is 0 Å². The number of rotatable bonds is 4. The summed E-state index contributed by atoms with van der Waals surface area (Å²) in [6.07, 6.45) is -4.33. The zero-order valence-electron chi connectivity index (χ0n) is 10.8. The molecule has 0 saturated heterocycles. The molecular weight excluding hydrogens is 287 g/mol. The average molecular weight is 301 g/mol. The van der Waals surface area contributed by atoms with E-state index in [0.717, 1.165) is 23.6 Å². The molecule has 0 saturated carbocycles. The van der Waals surface area contributed by atoms with Crippen LogP contribution >= 0.6 is 11.8 Å². The average Bonchev–Trinajstić information content (AvgIpc) is 2.77. The number of hydrogen-bond donors (Lipinski definition) is 2. The normalized spacial score (nSPS) is 11.8. The molecule has 3 N–H and O–H groups in total. The summed E-state index contributed by atoms with van der Waals surface area (Å²) >= 11 is 1.69. The molecule has 0 aliphatic rings. The molecule has 2 rings (SSSR count). The van der Waals surface area contributed by atoms with Crippen molar-refractivity contribution < 1.29 is 13.2 Å². The summed E-state index contributed by atoms with van der Waals surface area (Å²) in [6.45, 7) is 2.04. The highest BCUT2D eigenvalue weighted by atomic mass is 32.2. The third-order valence-electron chi connectivity index (χ3n) is 2.75. The number of aromatic amines is 1. The van der Waals surface area contributed by atoms with Gasteiger partial charge in [-0.3, -0.25) is 0 Å². The summed E-state index contributed by atoms with van der Waals surface area (Å²) < 4.78 is 37.5. The van der Waals surface area contributed by atoms with Crippen molar-refractivity contribution in [2.75, 3.05) is 11.5 Å². The fourth-order valence-corrected chi connectivity index (χ4v) is 2.32. The van der Waals surface area contributed by atoms with Gasteiger partial charge in [0.05, 0.1) is 11.3 Å². The van der Waals surface area contributed by atoms with E-state index in [2.05, 4.69) is 9.97 Å². The Bertz CT molecular complexity index is 576. The molecule has 0 spiro atoms. The van der Waals surface area contributed by atoms with Crippen molar-refractivity contribution in [1.29, 1.82) is 0 Å². The lowest BCUT2D eigenvalue weighted by molar-refractivity contribution is -0.137. The summed E-state index contributed by atoms with van der Waals surface area (Å²) in [5.41, 5.74) is 6.48. The molecule has 0 radical (unpaired) electrons. The van der Waals surface area contributed by atoms with Gasteiger partial charge in [0, 0.05) is 11.3 Å². The van der Waals surface area contributed by atoms with Crippen molar-refractivity contribution in [3.63, 3.8) is 0 Å². The second-order valence-electron chi connectivity index (χ2n) is 4.16. The summed E-state index contributed by atoms with van der Waals surface area (Å²) in [6, 6.07) is 4.85. The smallest absolute Gasteiger partial charge is 0.382 e. The molecular formula is C13H14F3N3S. The Morgan fingerprint density at radius 2 is 1.90 bits per heavy atom. The number of nitrogens with two attached hydrogens (primary N) is 1. The first kappa shape index (κ1) is 14.8. The Labute approximate surface area is 118 Å². The number of anilines is 1. The number of benzene rings is 1. The molecule has 1 aromatic carbocycles. The van der Waals surface area contributed by atoms with E-state index in [4.69, 9.17) is 5.73 Å². The number of imidazole rings is 1. The SMILES string of the molecule is CCSCc1[nH]c(-c2ccc(C(F)(F)F)cc2)nc1N. The van der Waals surface area contributed by atoms with E-state index >= 15 is 0 Å². The highest BCUT2D eigenvalue weighted by molar-refractivity contribution is 7.98. The number of halogens is 3. The van der Waals surface area contributed by atoms with Gasteiger partial charge in [0.2, 0.25) is 0 Å². The van der Waals surface area contributed by atoms with Gasteiger partial charge in [-0.1, -0.05) is 19.1 Å². The van der Waals surface area contributed by atoms with E-state index in [1.807, 2.05) is 6.92 Å². The van der Waals surface area contributed by atoms with Gasteiger partial charge in [-0.2, -0.15) is 24.9 Å². The van der Waals surface area contributed by atoms with Gasteiger partial charge in [0.15, 0.2) is 0 Å². The first-order chi connectivity index (χ1) is 9.41. The van der Waals surface area contributed by atoms with Gasteiger partial charge in [0.25, 0.3) is 0 Å². The standard InChI is InChI=1S/C13H14F3N3S/c1-2-20-7-10-11(17)19-12(18-10)8-3-5-9(6-4-8)13(14,15)16/h3-6H,2,7,17H2,1H3,(H,18,19). The Kier molecular flexibility index (Phi) is 4.27. The molecule has 0 aliphatic heterocycles. The Hall–Kier alpha value is -1.63. The molecule has 0 aliphatic carbocycles. The maximum absolute atomic E-state index is 12.5. The molecule has 0 fully saturated rings. The number of aromatic nitrogens is 2. The topological polar surface area (TPSA) is 54.7 Å². The van der Waals surface area contributed by atoms with Crippen LogP contribution in [0.25, 0.3) is 11.4 Å². The first-order valence-corrected chi connectivity index (χ1v) is 7.17. The maximum atomic E-state index is 12.5. The molecule has 2 aromatic rings. The van der Waals surface area contributed by atoms with Crippen LogP contribution in [0.15, 0.2) is 24.3 Å². The van der Waals surface area contributed by atoms with Crippen molar-refractivity contribution in [3.8, 4) is 11.4 Å². The number of thioether (sulfide) groups is 1. The van der Waals surface area contributed by atoms with Crippen molar-refractivity contribution in [2.24, 2.45) is 0 Å². The van der Waals surface area contributed by atoms with Crippen molar-refractivity contribution in [1.82, 2.24) is 9.97 Å². The van der Waals surface area contributed by atoms with Crippen molar-refractivity contribution in [3.05, 3.63) is 35.5 Å².